The van der Waals surface area contributed by atoms with Crippen LogP contribution >= 0.6 is 0 Å². The van der Waals surface area contributed by atoms with Crippen LogP contribution in [0, 0.1) is 0 Å². The Bertz CT molecular complexity index is 392. The van der Waals surface area contributed by atoms with Crippen molar-refractivity contribution < 1.29 is 14.1 Å². The van der Waals surface area contributed by atoms with Gasteiger partial charge in [-0.1, -0.05) is 0 Å². The molecule has 88 valence electrons. The van der Waals surface area contributed by atoms with E-state index in [1.54, 1.807) is 4.90 Å². The van der Waals surface area contributed by atoms with Gasteiger partial charge < -0.3 is 4.74 Å². The summed E-state index contributed by atoms with van der Waals surface area (Å²) in [6, 6.07) is 0. The molecule has 1 aliphatic rings. The Hall–Kier alpha value is -1.52. The molecule has 0 fully saturated rings. The molecule has 1 aromatic heterocycles. The van der Waals surface area contributed by atoms with Gasteiger partial charge in [0, 0.05) is 0 Å². The first-order valence-corrected chi connectivity index (χ1v) is 5.49. The number of imidazole rings is 1. The SMILES string of the molecule is CC(C)(C)OC(=O)N1CC[n+]2c[nH]cc2C1. The molecule has 0 unspecified atom stereocenters. The monoisotopic (exact) mass is 224 g/mol. The van der Waals surface area contributed by atoms with Gasteiger partial charge in [-0.15, -0.1) is 0 Å². The first-order chi connectivity index (χ1) is 7.46. The lowest BCUT2D eigenvalue weighted by Gasteiger charge is -2.28. The molecule has 1 amide bonds. The molecule has 5 heteroatoms. The Balaban J connectivity index is 2.01. The van der Waals surface area contributed by atoms with Crippen LogP contribution < -0.4 is 4.57 Å². The number of fused-ring (bicyclic) bond motifs is 1. The van der Waals surface area contributed by atoms with Gasteiger partial charge in [0.1, 0.15) is 18.3 Å². The third kappa shape index (κ3) is 2.35. The molecular formula is C11H18N3O2+. The molecule has 1 N–H and O–H groups in total. The van der Waals surface area contributed by atoms with Crippen molar-refractivity contribution in [1.82, 2.24) is 9.88 Å². The minimum Gasteiger partial charge on any atom is -0.444 e. The summed E-state index contributed by atoms with van der Waals surface area (Å²) in [6.45, 7) is 7.77. The number of rotatable bonds is 0. The van der Waals surface area contributed by atoms with Crippen molar-refractivity contribution in [2.24, 2.45) is 0 Å². The Labute approximate surface area is 95.0 Å². The van der Waals surface area contributed by atoms with E-state index in [1.807, 2.05) is 33.3 Å². The summed E-state index contributed by atoms with van der Waals surface area (Å²) in [7, 11) is 0. The van der Waals surface area contributed by atoms with Crippen LogP contribution in [0.1, 0.15) is 26.5 Å². The maximum Gasteiger partial charge on any atom is 0.410 e. The van der Waals surface area contributed by atoms with Crippen molar-refractivity contribution in [3.63, 3.8) is 0 Å². The van der Waals surface area contributed by atoms with E-state index >= 15 is 0 Å². The molecule has 2 heterocycles. The van der Waals surface area contributed by atoms with Gasteiger partial charge in [0.25, 0.3) is 0 Å². The number of carbonyl (C=O) groups excluding carboxylic acids is 1. The standard InChI is InChI=1S/C11H17N3O2/c1-11(2,3)16-10(15)13-4-5-14-8-12-6-9(14)7-13/h6,8H,4-5,7H2,1-3H3/p+1. The summed E-state index contributed by atoms with van der Waals surface area (Å²) >= 11 is 0. The van der Waals surface area contributed by atoms with Crippen LogP contribution in [0.15, 0.2) is 12.5 Å². The first-order valence-electron chi connectivity index (χ1n) is 5.49. The fourth-order valence-electron chi connectivity index (χ4n) is 1.72. The maximum atomic E-state index is 11.8. The third-order valence-corrected chi connectivity index (χ3v) is 2.46. The van der Waals surface area contributed by atoms with Crippen molar-refractivity contribution in [3.05, 3.63) is 18.2 Å². The maximum absolute atomic E-state index is 11.8. The van der Waals surface area contributed by atoms with Crippen LogP contribution in [0.2, 0.25) is 0 Å². The van der Waals surface area contributed by atoms with Crippen LogP contribution in [0.5, 0.6) is 0 Å². The van der Waals surface area contributed by atoms with E-state index in [1.165, 1.54) is 0 Å². The van der Waals surface area contributed by atoms with Crippen molar-refractivity contribution in [3.8, 4) is 0 Å². The van der Waals surface area contributed by atoms with E-state index in [2.05, 4.69) is 9.55 Å². The molecule has 0 saturated heterocycles. The second kappa shape index (κ2) is 3.81. The molecule has 0 radical (unpaired) electrons. The highest BCUT2D eigenvalue weighted by Gasteiger charge is 2.28. The number of H-pyrrole nitrogens is 1. The lowest BCUT2D eigenvalue weighted by atomic mass is 10.2. The van der Waals surface area contributed by atoms with Gasteiger partial charge in [-0.2, -0.15) is 0 Å². The summed E-state index contributed by atoms with van der Waals surface area (Å²) < 4.78 is 7.45. The predicted octanol–water partition coefficient (Wildman–Crippen LogP) is 1.05. The van der Waals surface area contributed by atoms with Gasteiger partial charge in [-0.05, 0) is 20.8 Å². The molecule has 5 nitrogen and oxygen atoms in total. The minimum absolute atomic E-state index is 0.236. The number of aromatic nitrogens is 2. The quantitative estimate of drug-likeness (QED) is 0.670. The minimum atomic E-state index is -0.428. The highest BCUT2D eigenvalue weighted by molar-refractivity contribution is 5.68. The van der Waals surface area contributed by atoms with Crippen LogP contribution in [0.25, 0.3) is 0 Å². The zero-order valence-corrected chi connectivity index (χ0v) is 9.99. The molecule has 0 aromatic carbocycles. The average molecular weight is 224 g/mol. The lowest BCUT2D eigenvalue weighted by Crippen LogP contribution is -2.51. The molecular weight excluding hydrogens is 206 g/mol. The van der Waals surface area contributed by atoms with E-state index in [4.69, 9.17) is 4.74 Å². The zero-order valence-electron chi connectivity index (χ0n) is 9.99. The highest BCUT2D eigenvalue weighted by Crippen LogP contribution is 2.12. The molecule has 0 aliphatic carbocycles. The molecule has 1 aliphatic heterocycles. The Morgan fingerprint density at radius 3 is 3.00 bits per heavy atom. The molecule has 2 rings (SSSR count). The van der Waals surface area contributed by atoms with Crippen LogP contribution in [-0.2, 0) is 17.8 Å². The van der Waals surface area contributed by atoms with E-state index in [0.29, 0.717) is 13.1 Å². The number of amides is 1. The molecule has 0 spiro atoms. The molecule has 0 bridgehead atoms. The van der Waals surface area contributed by atoms with E-state index in [-0.39, 0.29) is 6.09 Å². The van der Waals surface area contributed by atoms with Gasteiger partial charge in [0.2, 0.25) is 6.33 Å². The Kier molecular flexibility index (Phi) is 2.61. The van der Waals surface area contributed by atoms with E-state index in [9.17, 15) is 4.79 Å². The summed E-state index contributed by atoms with van der Waals surface area (Å²) in [4.78, 5) is 16.6. The number of hydrogen-bond donors (Lipinski definition) is 1. The summed E-state index contributed by atoms with van der Waals surface area (Å²) in [5.74, 6) is 0. The lowest BCUT2D eigenvalue weighted by molar-refractivity contribution is -0.709. The second-order valence-electron chi connectivity index (χ2n) is 5.03. The summed E-state index contributed by atoms with van der Waals surface area (Å²) in [5.41, 5.74) is 0.681. The number of ether oxygens (including phenoxy) is 1. The Morgan fingerprint density at radius 1 is 1.56 bits per heavy atom. The molecule has 1 aromatic rings. The first kappa shape index (κ1) is 11.0. The van der Waals surface area contributed by atoms with Crippen molar-refractivity contribution in [2.45, 2.75) is 39.5 Å². The summed E-state index contributed by atoms with van der Waals surface area (Å²) in [5, 5.41) is 0. The molecule has 0 saturated carbocycles. The molecule has 16 heavy (non-hydrogen) atoms. The summed E-state index contributed by atoms with van der Waals surface area (Å²) in [6.07, 6.45) is 3.60. The Morgan fingerprint density at radius 2 is 2.31 bits per heavy atom. The zero-order chi connectivity index (χ0) is 11.8. The smallest absolute Gasteiger partial charge is 0.410 e. The van der Waals surface area contributed by atoms with Crippen molar-refractivity contribution >= 4 is 6.09 Å². The topological polar surface area (TPSA) is 49.2 Å². The average Bonchev–Trinajstić information content (AvgIpc) is 2.61. The van der Waals surface area contributed by atoms with Crippen molar-refractivity contribution in [2.75, 3.05) is 6.54 Å². The number of nitrogens with zero attached hydrogens (tertiary/aromatic N) is 2. The fraction of sp³-hybridized carbons (Fsp3) is 0.636. The van der Waals surface area contributed by atoms with Gasteiger partial charge in [-0.25, -0.2) is 14.3 Å². The van der Waals surface area contributed by atoms with Crippen LogP contribution in [-0.4, -0.2) is 28.1 Å². The number of nitrogens with one attached hydrogen (secondary N) is 1. The number of carbonyl (C=O) groups is 1. The predicted molar refractivity (Wildman–Crippen MR) is 57.6 cm³/mol. The van der Waals surface area contributed by atoms with Gasteiger partial charge in [-0.3, -0.25) is 4.90 Å². The van der Waals surface area contributed by atoms with E-state index < -0.39 is 5.60 Å². The van der Waals surface area contributed by atoms with Crippen molar-refractivity contribution in [1.29, 1.82) is 0 Å². The fourth-order valence-corrected chi connectivity index (χ4v) is 1.72. The van der Waals surface area contributed by atoms with Gasteiger partial charge in [0.15, 0.2) is 5.69 Å². The van der Waals surface area contributed by atoms with Gasteiger partial charge >= 0.3 is 6.09 Å². The largest absolute Gasteiger partial charge is 0.444 e. The number of hydrogen-bond acceptors (Lipinski definition) is 2. The van der Waals surface area contributed by atoms with Crippen LogP contribution in [0.4, 0.5) is 4.79 Å². The van der Waals surface area contributed by atoms with E-state index in [0.717, 1.165) is 12.2 Å². The second-order valence-corrected chi connectivity index (χ2v) is 5.03. The number of aromatic amines is 1. The molecule has 0 atom stereocenters. The highest BCUT2D eigenvalue weighted by atomic mass is 16.6. The third-order valence-electron chi connectivity index (χ3n) is 2.46. The normalized spacial score (nSPS) is 15.8. The van der Waals surface area contributed by atoms with Crippen LogP contribution in [0.3, 0.4) is 0 Å². The van der Waals surface area contributed by atoms with Gasteiger partial charge in [0.05, 0.1) is 13.1 Å².